The number of nitro benzene ring substituents is 1. The standard InChI is InChI=1S/C23H23N3O7S/c1-23(2)19(22(29)33-13-15-8-10-16(11-9-15)26(30)31)25-20(28)18(21(25)34(23)32)24-17(27)12-14-6-4-3-5-7-14/h3-11,18-19,21H,12-13H2,1-2H3,(H,24,27)/t18-,19?,21-,34+/m1/s1. The van der Waals surface area contributed by atoms with Gasteiger partial charge in [-0.25, -0.2) is 4.79 Å². The summed E-state index contributed by atoms with van der Waals surface area (Å²) in [5.41, 5.74) is 1.23. The summed E-state index contributed by atoms with van der Waals surface area (Å²) in [7, 11) is -1.63. The molecule has 0 aliphatic carbocycles. The lowest BCUT2D eigenvalue weighted by atomic mass is 9.95. The fourth-order valence-corrected chi connectivity index (χ4v) is 6.14. The van der Waals surface area contributed by atoms with Gasteiger partial charge in [0.05, 0.1) is 26.9 Å². The first-order valence-corrected chi connectivity index (χ1v) is 11.8. The number of amides is 2. The molecule has 34 heavy (non-hydrogen) atoms. The maximum absolute atomic E-state index is 13.2. The smallest absolute Gasteiger partial charge is 0.330 e. The summed E-state index contributed by atoms with van der Waals surface area (Å²) in [6, 6.07) is 12.5. The first kappa shape index (κ1) is 23.6. The van der Waals surface area contributed by atoms with E-state index in [0.717, 1.165) is 5.56 Å². The number of carbonyl (C=O) groups is 3. The minimum atomic E-state index is -1.63. The Bertz CT molecular complexity index is 1170. The SMILES string of the molecule is CC1(C)C(C(=O)OCc2ccc([N+](=O)[O-])cc2)N2C(=O)[C@@H](NC(=O)Cc3ccccc3)[C@H]2[S@@]1=O. The van der Waals surface area contributed by atoms with Gasteiger partial charge in [-0.2, -0.15) is 0 Å². The Morgan fingerprint density at radius 2 is 1.76 bits per heavy atom. The zero-order valence-corrected chi connectivity index (χ0v) is 19.3. The van der Waals surface area contributed by atoms with Gasteiger partial charge in [-0.3, -0.25) is 23.9 Å². The molecule has 0 bridgehead atoms. The number of carbonyl (C=O) groups excluding carboxylic acids is 3. The number of benzene rings is 2. The van der Waals surface area contributed by atoms with Crippen LogP contribution in [0.5, 0.6) is 0 Å². The first-order valence-electron chi connectivity index (χ1n) is 10.6. The van der Waals surface area contributed by atoms with E-state index in [1.807, 2.05) is 6.07 Å². The number of nitrogens with one attached hydrogen (secondary N) is 1. The lowest BCUT2D eigenvalue weighted by Gasteiger charge is -2.43. The van der Waals surface area contributed by atoms with Crippen molar-refractivity contribution in [3.05, 3.63) is 75.8 Å². The molecule has 11 heteroatoms. The highest BCUT2D eigenvalue weighted by molar-refractivity contribution is 7.87. The van der Waals surface area contributed by atoms with Gasteiger partial charge in [0.15, 0.2) is 0 Å². The Morgan fingerprint density at radius 1 is 1.12 bits per heavy atom. The molecule has 2 aromatic carbocycles. The highest BCUT2D eigenvalue weighted by Gasteiger charge is 2.68. The Labute approximate surface area is 197 Å². The van der Waals surface area contributed by atoms with E-state index < -0.39 is 49.8 Å². The second-order valence-corrected chi connectivity index (χ2v) is 10.8. The van der Waals surface area contributed by atoms with Gasteiger partial charge in [-0.05, 0) is 37.1 Å². The normalized spacial score (nSPS) is 24.6. The summed E-state index contributed by atoms with van der Waals surface area (Å²) in [5.74, 6) is -1.58. The van der Waals surface area contributed by atoms with Crippen LogP contribution in [-0.2, 0) is 42.9 Å². The number of non-ortho nitro benzene ring substituents is 1. The molecule has 0 saturated carbocycles. The Balaban J connectivity index is 1.42. The number of β-lactam (4-membered cyclic amide) rings is 1. The van der Waals surface area contributed by atoms with Crippen molar-refractivity contribution in [2.24, 2.45) is 0 Å². The molecule has 2 fully saturated rings. The van der Waals surface area contributed by atoms with E-state index in [2.05, 4.69) is 5.32 Å². The van der Waals surface area contributed by atoms with Crippen molar-refractivity contribution in [2.45, 2.75) is 49.1 Å². The van der Waals surface area contributed by atoms with Crippen molar-refractivity contribution in [1.29, 1.82) is 0 Å². The average molecular weight is 486 g/mol. The van der Waals surface area contributed by atoms with Crippen LogP contribution in [0.15, 0.2) is 54.6 Å². The second kappa shape index (κ2) is 8.98. The third-order valence-corrected chi connectivity index (χ3v) is 8.23. The molecular weight excluding hydrogens is 462 g/mol. The topological polar surface area (TPSA) is 136 Å². The monoisotopic (exact) mass is 485 g/mol. The number of rotatable bonds is 7. The van der Waals surface area contributed by atoms with Crippen LogP contribution in [0, 0.1) is 10.1 Å². The largest absolute Gasteiger partial charge is 0.459 e. The molecule has 4 atom stereocenters. The summed E-state index contributed by atoms with van der Waals surface area (Å²) in [5, 5.41) is 12.6. The molecule has 2 heterocycles. The van der Waals surface area contributed by atoms with Gasteiger partial charge >= 0.3 is 5.97 Å². The predicted octanol–water partition coefficient (Wildman–Crippen LogP) is 1.44. The zero-order valence-electron chi connectivity index (χ0n) is 18.5. The lowest BCUT2D eigenvalue weighted by molar-refractivity contribution is -0.384. The van der Waals surface area contributed by atoms with E-state index in [4.69, 9.17) is 4.74 Å². The summed E-state index contributed by atoms with van der Waals surface area (Å²) in [4.78, 5) is 49.7. The van der Waals surface area contributed by atoms with E-state index in [1.165, 1.54) is 29.2 Å². The molecule has 1 unspecified atom stereocenters. The third kappa shape index (κ3) is 4.18. The van der Waals surface area contributed by atoms with E-state index in [1.54, 1.807) is 38.1 Å². The molecule has 10 nitrogen and oxygen atoms in total. The van der Waals surface area contributed by atoms with Crippen LogP contribution in [0.3, 0.4) is 0 Å². The highest BCUT2D eigenvalue weighted by atomic mass is 32.2. The van der Waals surface area contributed by atoms with Crippen LogP contribution in [0.1, 0.15) is 25.0 Å². The maximum atomic E-state index is 13.2. The molecule has 2 aliphatic rings. The second-order valence-electron chi connectivity index (χ2n) is 8.68. The lowest BCUT2D eigenvalue weighted by Crippen LogP contribution is -2.71. The molecule has 2 amide bonds. The van der Waals surface area contributed by atoms with Gasteiger partial charge < -0.3 is 15.0 Å². The molecular formula is C23H23N3O7S. The molecule has 2 aromatic rings. The third-order valence-electron chi connectivity index (χ3n) is 6.03. The van der Waals surface area contributed by atoms with Gasteiger partial charge in [0.1, 0.15) is 24.1 Å². The van der Waals surface area contributed by atoms with Gasteiger partial charge in [0.2, 0.25) is 11.8 Å². The van der Waals surface area contributed by atoms with Crippen molar-refractivity contribution >= 4 is 34.3 Å². The van der Waals surface area contributed by atoms with Gasteiger partial charge in [-0.15, -0.1) is 0 Å². The molecule has 0 radical (unpaired) electrons. The molecule has 2 saturated heterocycles. The predicted molar refractivity (Wildman–Crippen MR) is 122 cm³/mol. The van der Waals surface area contributed by atoms with Crippen molar-refractivity contribution < 1.29 is 28.3 Å². The maximum Gasteiger partial charge on any atom is 0.330 e. The summed E-state index contributed by atoms with van der Waals surface area (Å²) in [6.07, 6.45) is 0.0775. The Morgan fingerprint density at radius 3 is 2.38 bits per heavy atom. The fourth-order valence-electron chi connectivity index (χ4n) is 4.23. The summed E-state index contributed by atoms with van der Waals surface area (Å²) in [6.45, 7) is 3.09. The molecule has 0 aromatic heterocycles. The van der Waals surface area contributed by atoms with Crippen molar-refractivity contribution in [3.63, 3.8) is 0 Å². The first-order chi connectivity index (χ1) is 16.1. The van der Waals surface area contributed by atoms with Gasteiger partial charge in [0, 0.05) is 12.1 Å². The Hall–Kier alpha value is -3.60. The van der Waals surface area contributed by atoms with E-state index >= 15 is 0 Å². The van der Waals surface area contributed by atoms with E-state index in [0.29, 0.717) is 5.56 Å². The quantitative estimate of drug-likeness (QED) is 0.271. The van der Waals surface area contributed by atoms with Gasteiger partial charge in [0.25, 0.3) is 5.69 Å². The van der Waals surface area contributed by atoms with Crippen LogP contribution in [0.25, 0.3) is 0 Å². The van der Waals surface area contributed by atoms with Crippen LogP contribution in [0.2, 0.25) is 0 Å². The summed E-state index contributed by atoms with van der Waals surface area (Å²) < 4.78 is 17.4. The average Bonchev–Trinajstić information content (AvgIpc) is 3.00. The van der Waals surface area contributed by atoms with Crippen LogP contribution < -0.4 is 5.32 Å². The molecule has 1 N–H and O–H groups in total. The molecule has 4 rings (SSSR count). The van der Waals surface area contributed by atoms with Crippen molar-refractivity contribution in [3.8, 4) is 0 Å². The minimum absolute atomic E-state index is 0.0775. The van der Waals surface area contributed by atoms with E-state index in [-0.39, 0.29) is 24.6 Å². The van der Waals surface area contributed by atoms with Crippen molar-refractivity contribution in [1.82, 2.24) is 10.2 Å². The van der Waals surface area contributed by atoms with Gasteiger partial charge in [-0.1, -0.05) is 30.3 Å². The molecule has 2 aliphatic heterocycles. The summed E-state index contributed by atoms with van der Waals surface area (Å²) >= 11 is 0. The fraction of sp³-hybridized carbons (Fsp3) is 0.348. The number of ether oxygens (including phenoxy) is 1. The zero-order chi connectivity index (χ0) is 24.6. The number of hydrogen-bond acceptors (Lipinski definition) is 7. The highest BCUT2D eigenvalue weighted by Crippen LogP contribution is 2.44. The molecule has 178 valence electrons. The number of hydrogen-bond donors (Lipinski definition) is 1. The number of fused-ring (bicyclic) bond motifs is 1. The number of esters is 1. The minimum Gasteiger partial charge on any atom is -0.459 e. The van der Waals surface area contributed by atoms with Crippen LogP contribution in [-0.4, -0.2) is 54.0 Å². The van der Waals surface area contributed by atoms with Crippen LogP contribution in [0.4, 0.5) is 5.69 Å². The van der Waals surface area contributed by atoms with Crippen LogP contribution >= 0.6 is 0 Å². The number of nitrogens with zero attached hydrogens (tertiary/aromatic N) is 2. The van der Waals surface area contributed by atoms with E-state index in [9.17, 15) is 28.7 Å². The number of nitro groups is 1. The molecule has 0 spiro atoms. The Kier molecular flexibility index (Phi) is 6.22. The van der Waals surface area contributed by atoms with Crippen molar-refractivity contribution in [2.75, 3.05) is 0 Å².